The zero-order chi connectivity index (χ0) is 14.1. The molecule has 0 radical (unpaired) electrons. The number of hydrogen-bond donors (Lipinski definition) is 1. The van der Waals surface area contributed by atoms with Gasteiger partial charge >= 0.3 is 5.97 Å². The van der Waals surface area contributed by atoms with Gasteiger partial charge in [0.25, 0.3) is 0 Å². The Kier molecular flexibility index (Phi) is 3.44. The van der Waals surface area contributed by atoms with E-state index in [0.29, 0.717) is 0 Å². The number of aromatic nitrogens is 2. The van der Waals surface area contributed by atoms with Gasteiger partial charge in [-0.3, -0.25) is 9.69 Å². The molecule has 0 atom stereocenters. The maximum atomic E-state index is 11.0. The van der Waals surface area contributed by atoms with Gasteiger partial charge in [-0.05, 0) is 38.1 Å². The second kappa shape index (κ2) is 5.25. The number of carbonyl (C=O) groups is 1. The van der Waals surface area contributed by atoms with Crippen molar-refractivity contribution in [1.29, 1.82) is 0 Å². The Morgan fingerprint density at radius 3 is 2.70 bits per heavy atom. The number of aliphatic carboxylic acids is 1. The Morgan fingerprint density at radius 1 is 1.35 bits per heavy atom. The lowest BCUT2D eigenvalue weighted by Crippen LogP contribution is -2.36. The van der Waals surface area contributed by atoms with Gasteiger partial charge in [0.15, 0.2) is 0 Å². The van der Waals surface area contributed by atoms with Gasteiger partial charge in [-0.1, -0.05) is 12.1 Å². The van der Waals surface area contributed by atoms with Crippen molar-refractivity contribution in [2.75, 3.05) is 13.1 Å². The number of carboxylic acids is 1. The Balaban J connectivity index is 1.71. The van der Waals surface area contributed by atoms with Gasteiger partial charge in [-0.15, -0.1) is 0 Å². The number of rotatable bonds is 3. The van der Waals surface area contributed by atoms with Crippen molar-refractivity contribution >= 4 is 17.0 Å². The van der Waals surface area contributed by atoms with E-state index < -0.39 is 5.97 Å². The molecule has 2 heterocycles. The van der Waals surface area contributed by atoms with E-state index in [-0.39, 0.29) is 5.92 Å². The maximum Gasteiger partial charge on any atom is 0.306 e. The number of para-hydroxylation sites is 2. The zero-order valence-electron chi connectivity index (χ0n) is 11.6. The first-order chi connectivity index (χ1) is 9.65. The highest BCUT2D eigenvalue weighted by atomic mass is 16.4. The fraction of sp³-hybridized carbons (Fsp3) is 0.467. The zero-order valence-corrected chi connectivity index (χ0v) is 11.6. The molecule has 20 heavy (non-hydrogen) atoms. The number of likely N-dealkylation sites (tertiary alicyclic amines) is 1. The minimum atomic E-state index is -0.660. The van der Waals surface area contributed by atoms with Crippen LogP contribution in [0.15, 0.2) is 24.3 Å². The number of fused-ring (bicyclic) bond motifs is 1. The molecule has 0 bridgehead atoms. The molecule has 3 rings (SSSR count). The van der Waals surface area contributed by atoms with Gasteiger partial charge in [-0.25, -0.2) is 4.98 Å². The van der Waals surface area contributed by atoms with Crippen LogP contribution in [0.5, 0.6) is 0 Å². The molecule has 106 valence electrons. The van der Waals surface area contributed by atoms with Crippen molar-refractivity contribution in [3.8, 4) is 0 Å². The minimum absolute atomic E-state index is 0.174. The summed E-state index contributed by atoms with van der Waals surface area (Å²) in [6.07, 6.45) is 1.47. The van der Waals surface area contributed by atoms with E-state index >= 15 is 0 Å². The van der Waals surface area contributed by atoms with Gasteiger partial charge in [0.1, 0.15) is 5.82 Å². The van der Waals surface area contributed by atoms with Crippen LogP contribution in [0.4, 0.5) is 0 Å². The summed E-state index contributed by atoms with van der Waals surface area (Å²) >= 11 is 0. The molecule has 1 saturated heterocycles. The van der Waals surface area contributed by atoms with Crippen LogP contribution in [0, 0.1) is 5.92 Å². The van der Waals surface area contributed by atoms with Crippen LogP contribution < -0.4 is 0 Å². The van der Waals surface area contributed by atoms with Crippen molar-refractivity contribution in [2.45, 2.75) is 19.4 Å². The van der Waals surface area contributed by atoms with Gasteiger partial charge in [0, 0.05) is 7.05 Å². The molecule has 0 spiro atoms. The summed E-state index contributed by atoms with van der Waals surface area (Å²) in [5.41, 5.74) is 2.16. The van der Waals surface area contributed by atoms with Gasteiger partial charge < -0.3 is 9.67 Å². The van der Waals surface area contributed by atoms with Crippen molar-refractivity contribution in [3.05, 3.63) is 30.1 Å². The number of hydrogen-bond acceptors (Lipinski definition) is 3. The third-order valence-electron chi connectivity index (χ3n) is 4.18. The van der Waals surface area contributed by atoms with Crippen molar-refractivity contribution in [1.82, 2.24) is 14.5 Å². The number of nitrogens with zero attached hydrogens (tertiary/aromatic N) is 3. The number of imidazole rings is 1. The Labute approximate surface area is 117 Å². The van der Waals surface area contributed by atoms with Gasteiger partial charge in [-0.2, -0.15) is 0 Å². The molecule has 1 aromatic heterocycles. The van der Waals surface area contributed by atoms with E-state index in [4.69, 9.17) is 5.11 Å². The largest absolute Gasteiger partial charge is 0.481 e. The van der Waals surface area contributed by atoms with E-state index in [1.165, 1.54) is 0 Å². The van der Waals surface area contributed by atoms with Crippen LogP contribution in [0.1, 0.15) is 18.7 Å². The van der Waals surface area contributed by atoms with Crippen molar-refractivity contribution < 1.29 is 9.90 Å². The highest BCUT2D eigenvalue weighted by Crippen LogP contribution is 2.20. The predicted octanol–water partition coefficient (Wildman–Crippen LogP) is 1.87. The lowest BCUT2D eigenvalue weighted by Gasteiger charge is -2.29. The van der Waals surface area contributed by atoms with Crippen molar-refractivity contribution in [2.24, 2.45) is 13.0 Å². The quantitative estimate of drug-likeness (QED) is 0.927. The molecule has 1 aromatic carbocycles. The average molecular weight is 273 g/mol. The summed E-state index contributed by atoms with van der Waals surface area (Å²) in [7, 11) is 2.04. The second-order valence-corrected chi connectivity index (χ2v) is 5.46. The lowest BCUT2D eigenvalue weighted by molar-refractivity contribution is -0.143. The molecule has 5 heteroatoms. The van der Waals surface area contributed by atoms with E-state index in [1.54, 1.807) is 0 Å². The summed E-state index contributed by atoms with van der Waals surface area (Å²) in [4.78, 5) is 17.9. The molecule has 0 aliphatic carbocycles. The van der Waals surface area contributed by atoms with Crippen LogP contribution in [0.2, 0.25) is 0 Å². The topological polar surface area (TPSA) is 58.4 Å². The summed E-state index contributed by atoms with van der Waals surface area (Å²) in [5, 5.41) is 9.02. The number of aryl methyl sites for hydroxylation is 1. The first-order valence-corrected chi connectivity index (χ1v) is 7.00. The first-order valence-electron chi connectivity index (χ1n) is 7.00. The second-order valence-electron chi connectivity index (χ2n) is 5.46. The summed E-state index contributed by atoms with van der Waals surface area (Å²) < 4.78 is 2.12. The average Bonchev–Trinajstić information content (AvgIpc) is 2.77. The first kappa shape index (κ1) is 13.1. The van der Waals surface area contributed by atoms with Crippen LogP contribution in [-0.4, -0.2) is 38.6 Å². The van der Waals surface area contributed by atoms with Gasteiger partial charge in [0.05, 0.1) is 23.5 Å². The molecule has 0 saturated carbocycles. The van der Waals surface area contributed by atoms with E-state index in [0.717, 1.165) is 49.3 Å². The predicted molar refractivity (Wildman–Crippen MR) is 76.4 cm³/mol. The van der Waals surface area contributed by atoms with Gasteiger partial charge in [0.2, 0.25) is 0 Å². The van der Waals surface area contributed by atoms with Crippen LogP contribution in [-0.2, 0) is 18.4 Å². The molecule has 0 amide bonds. The molecule has 1 aliphatic heterocycles. The summed E-state index contributed by atoms with van der Waals surface area (Å²) in [6, 6.07) is 8.11. The van der Waals surface area contributed by atoms with Crippen molar-refractivity contribution in [3.63, 3.8) is 0 Å². The standard InChI is InChI=1S/C15H19N3O2/c1-17-13-5-3-2-4-12(13)16-14(17)10-18-8-6-11(7-9-18)15(19)20/h2-5,11H,6-10H2,1H3,(H,19,20). The number of piperidine rings is 1. The summed E-state index contributed by atoms with van der Waals surface area (Å²) in [6.45, 7) is 2.46. The molecule has 1 N–H and O–H groups in total. The molecule has 2 aromatic rings. The lowest BCUT2D eigenvalue weighted by atomic mass is 9.97. The monoisotopic (exact) mass is 273 g/mol. The van der Waals surface area contributed by atoms with Crippen LogP contribution >= 0.6 is 0 Å². The Morgan fingerprint density at radius 2 is 2.05 bits per heavy atom. The SMILES string of the molecule is Cn1c(CN2CCC(C(=O)O)CC2)nc2ccccc21. The highest BCUT2D eigenvalue weighted by molar-refractivity contribution is 5.75. The molecule has 1 fully saturated rings. The fourth-order valence-corrected chi connectivity index (χ4v) is 2.87. The number of benzene rings is 1. The van der Waals surface area contributed by atoms with Crippen LogP contribution in [0.25, 0.3) is 11.0 Å². The maximum absolute atomic E-state index is 11.0. The molecule has 5 nitrogen and oxygen atoms in total. The third-order valence-corrected chi connectivity index (χ3v) is 4.18. The summed E-state index contributed by atoms with van der Waals surface area (Å²) in [5.74, 6) is 0.207. The smallest absolute Gasteiger partial charge is 0.306 e. The molecule has 0 unspecified atom stereocenters. The van der Waals surface area contributed by atoms with E-state index in [9.17, 15) is 4.79 Å². The van der Waals surface area contributed by atoms with E-state index in [2.05, 4.69) is 20.5 Å². The molecule has 1 aliphatic rings. The molecular formula is C15H19N3O2. The number of carboxylic acid groups (broad SMARTS) is 1. The van der Waals surface area contributed by atoms with Crippen LogP contribution in [0.3, 0.4) is 0 Å². The third kappa shape index (κ3) is 2.41. The molecular weight excluding hydrogens is 254 g/mol. The Hall–Kier alpha value is -1.88. The highest BCUT2D eigenvalue weighted by Gasteiger charge is 2.25. The minimum Gasteiger partial charge on any atom is -0.481 e. The fourth-order valence-electron chi connectivity index (χ4n) is 2.87. The normalized spacial score (nSPS) is 17.6. The Bertz CT molecular complexity index is 627. The van der Waals surface area contributed by atoms with E-state index in [1.807, 2.05) is 25.2 Å².